The fourth-order valence-electron chi connectivity index (χ4n) is 3.33. The monoisotopic (exact) mass is 859 g/mol. The number of nitrogens with zero attached hydrogens (tertiary/aromatic N) is 2. The van der Waals surface area contributed by atoms with Gasteiger partial charge in [0.2, 0.25) is 0 Å². The lowest BCUT2D eigenvalue weighted by Crippen LogP contribution is -2.12. The molecule has 9 nitrogen and oxygen atoms in total. The quantitative estimate of drug-likeness (QED) is 0.121. The van der Waals surface area contributed by atoms with Gasteiger partial charge in [0.15, 0.2) is 0 Å². The third kappa shape index (κ3) is 10.5. The fraction of sp³-hybridized carbons (Fsp3) is 0. The Morgan fingerprint density at radius 3 is 1.56 bits per heavy atom. The number of hydrogen-bond donors (Lipinski definition) is 1. The summed E-state index contributed by atoms with van der Waals surface area (Å²) in [5.74, 6) is 1.35. The number of rotatable bonds is 8. The van der Waals surface area contributed by atoms with Gasteiger partial charge in [0, 0.05) is 45.9 Å². The summed E-state index contributed by atoms with van der Waals surface area (Å²) in [6.45, 7) is 0. The van der Waals surface area contributed by atoms with Crippen LogP contribution < -0.4 is 14.2 Å². The second-order valence-electron chi connectivity index (χ2n) is 8.62. The van der Waals surface area contributed by atoms with Gasteiger partial charge in [-0.1, -0.05) is 46.4 Å². The minimum absolute atomic E-state index is 0. The highest BCUT2D eigenvalue weighted by atomic mass is 127. The Morgan fingerprint density at radius 2 is 1.11 bits per heavy atom. The van der Waals surface area contributed by atoms with Crippen molar-refractivity contribution >= 4 is 104 Å². The molecule has 17 heteroatoms. The van der Waals surface area contributed by atoms with Gasteiger partial charge >= 0.3 is 0 Å². The zero-order valence-electron chi connectivity index (χ0n) is 22.2. The van der Waals surface area contributed by atoms with E-state index in [9.17, 15) is 16.8 Å². The highest BCUT2D eigenvalue weighted by Gasteiger charge is 2.17. The zero-order chi connectivity index (χ0) is 32.8. The van der Waals surface area contributed by atoms with Gasteiger partial charge in [0.25, 0.3) is 19.1 Å². The summed E-state index contributed by atoms with van der Waals surface area (Å²) in [5, 5.41) is 1.09. The van der Waals surface area contributed by atoms with E-state index in [0.29, 0.717) is 33.0 Å². The Bertz CT molecular complexity index is 2060. The van der Waals surface area contributed by atoms with Crippen molar-refractivity contribution in [2.75, 3.05) is 4.72 Å². The van der Waals surface area contributed by atoms with Crippen molar-refractivity contribution < 1.29 is 27.7 Å². The van der Waals surface area contributed by atoms with Gasteiger partial charge in [-0.25, -0.2) is 16.8 Å². The highest BCUT2D eigenvalue weighted by molar-refractivity contribution is 14.1. The molecule has 0 fully saturated rings. The molecular formula is C28H19Cl5IN3O6S2. The van der Waals surface area contributed by atoms with E-state index in [1.165, 1.54) is 61.2 Å². The van der Waals surface area contributed by atoms with Crippen molar-refractivity contribution in [1.29, 1.82) is 0 Å². The van der Waals surface area contributed by atoms with Crippen molar-refractivity contribution in [2.45, 2.75) is 9.79 Å². The number of pyridine rings is 2. The summed E-state index contributed by atoms with van der Waals surface area (Å²) in [5.41, 5.74) is 0.465. The Kier molecular flexibility index (Phi) is 12.0. The predicted octanol–water partition coefficient (Wildman–Crippen LogP) is 9.94. The molecule has 0 aliphatic rings. The third-order valence-corrected chi connectivity index (χ3v) is 9.76. The second kappa shape index (κ2) is 15.4. The first-order chi connectivity index (χ1) is 21.2. The standard InChI is InChI=1S/C17H11Cl2IN2O3S.C11H6Cl3NO3S.H2/c18-11-7-14(10-21-9-11)25-17-6-5-15(8-16(17)19)26(23,24)22-13-3-1-12(20)2-4-13;12-7-3-8(6-15-5-7)18-11-2-1-9(4-10(11)13)19(14,16)17;/h1-10,22H;1-6H;1H. The molecule has 0 radical (unpaired) electrons. The van der Waals surface area contributed by atoms with Crippen molar-refractivity contribution in [3.8, 4) is 23.0 Å². The summed E-state index contributed by atoms with van der Waals surface area (Å²) in [6.07, 6.45) is 5.86. The second-order valence-corrected chi connectivity index (χ2v) is 15.8. The molecule has 0 unspecified atom stereocenters. The van der Waals surface area contributed by atoms with E-state index < -0.39 is 19.1 Å². The van der Waals surface area contributed by atoms with Crippen molar-refractivity contribution in [3.63, 3.8) is 0 Å². The summed E-state index contributed by atoms with van der Waals surface area (Å²) in [7, 11) is -2.38. The molecule has 2 aromatic heterocycles. The smallest absolute Gasteiger partial charge is 0.261 e. The maximum absolute atomic E-state index is 12.5. The zero-order valence-corrected chi connectivity index (χ0v) is 29.7. The molecule has 0 saturated heterocycles. The minimum atomic E-state index is -3.82. The molecule has 3 aromatic carbocycles. The molecule has 0 bridgehead atoms. The molecular weight excluding hydrogens is 843 g/mol. The SMILES string of the molecule is O=S(=O)(Cl)c1ccc(Oc2cncc(Cl)c2)c(Cl)c1.O=S(=O)(Nc1ccc(I)cc1)c1ccc(Oc2cncc(Cl)c2)c(Cl)c1.[HH]. The molecule has 0 saturated carbocycles. The Hall–Kier alpha value is -2.56. The molecule has 1 N–H and O–H groups in total. The number of benzene rings is 3. The van der Waals surface area contributed by atoms with Crippen LogP contribution in [0.3, 0.4) is 0 Å². The van der Waals surface area contributed by atoms with Crippen LogP contribution in [0.5, 0.6) is 23.0 Å². The van der Waals surface area contributed by atoms with Crippen LogP contribution in [-0.2, 0) is 19.1 Å². The number of halogens is 6. The lowest BCUT2D eigenvalue weighted by molar-refractivity contribution is 0.480. The van der Waals surface area contributed by atoms with Gasteiger partial charge in [-0.2, -0.15) is 0 Å². The molecule has 5 aromatic rings. The summed E-state index contributed by atoms with van der Waals surface area (Å²) in [4.78, 5) is 7.69. The van der Waals surface area contributed by atoms with Crippen LogP contribution in [0.1, 0.15) is 1.43 Å². The van der Waals surface area contributed by atoms with Crippen molar-refractivity contribution in [2.24, 2.45) is 0 Å². The molecule has 5 rings (SSSR count). The lowest BCUT2D eigenvalue weighted by atomic mass is 10.3. The van der Waals surface area contributed by atoms with Crippen LogP contribution in [0.15, 0.2) is 107 Å². The Morgan fingerprint density at radius 1 is 0.644 bits per heavy atom. The third-order valence-electron chi connectivity index (χ3n) is 5.31. The Labute approximate surface area is 298 Å². The molecule has 0 aliphatic heterocycles. The molecule has 0 atom stereocenters. The van der Waals surface area contributed by atoms with Crippen LogP contribution in [-0.4, -0.2) is 26.8 Å². The minimum Gasteiger partial charge on any atom is -0.454 e. The molecule has 0 spiro atoms. The summed E-state index contributed by atoms with van der Waals surface area (Å²) >= 11 is 25.9. The maximum atomic E-state index is 12.5. The number of aromatic nitrogens is 2. The topological polar surface area (TPSA) is 125 Å². The highest BCUT2D eigenvalue weighted by Crippen LogP contribution is 2.34. The van der Waals surface area contributed by atoms with Crippen LogP contribution >= 0.6 is 79.7 Å². The first kappa shape index (κ1) is 35.3. The number of nitrogens with one attached hydrogen (secondary N) is 1. The van der Waals surface area contributed by atoms with Crippen molar-refractivity contribution in [3.05, 3.63) is 121 Å². The molecule has 45 heavy (non-hydrogen) atoms. The normalized spacial score (nSPS) is 11.2. The number of hydrogen-bond acceptors (Lipinski definition) is 8. The van der Waals surface area contributed by atoms with Crippen LogP contribution in [0.25, 0.3) is 0 Å². The van der Waals surface area contributed by atoms with Gasteiger partial charge in [0.05, 0.1) is 42.3 Å². The van der Waals surface area contributed by atoms with E-state index in [0.717, 1.165) is 3.57 Å². The van der Waals surface area contributed by atoms with E-state index in [4.69, 9.17) is 66.6 Å². The van der Waals surface area contributed by atoms with E-state index in [2.05, 4.69) is 37.3 Å². The van der Waals surface area contributed by atoms with Gasteiger partial charge in [0.1, 0.15) is 23.0 Å². The fourth-order valence-corrected chi connectivity index (χ4v) is 6.45. The lowest BCUT2D eigenvalue weighted by Gasteiger charge is -2.11. The van der Waals surface area contributed by atoms with E-state index in [-0.39, 0.29) is 27.0 Å². The van der Waals surface area contributed by atoms with E-state index >= 15 is 0 Å². The largest absolute Gasteiger partial charge is 0.454 e. The molecule has 0 aliphatic carbocycles. The molecule has 236 valence electrons. The number of ether oxygens (including phenoxy) is 2. The molecule has 0 amide bonds. The van der Waals surface area contributed by atoms with Crippen LogP contribution in [0, 0.1) is 3.57 Å². The van der Waals surface area contributed by atoms with Crippen LogP contribution in [0.2, 0.25) is 20.1 Å². The van der Waals surface area contributed by atoms with E-state index in [1.807, 2.05) is 0 Å². The number of anilines is 1. The average Bonchev–Trinajstić information content (AvgIpc) is 2.96. The first-order valence-electron chi connectivity index (χ1n) is 12.1. The van der Waals surface area contributed by atoms with Gasteiger partial charge in [-0.3, -0.25) is 14.7 Å². The number of sulfonamides is 1. The van der Waals surface area contributed by atoms with Gasteiger partial charge < -0.3 is 9.47 Å². The molecule has 2 heterocycles. The predicted molar refractivity (Wildman–Crippen MR) is 187 cm³/mol. The van der Waals surface area contributed by atoms with Crippen molar-refractivity contribution in [1.82, 2.24) is 9.97 Å². The Balaban J connectivity index is 0.000000257. The average molecular weight is 862 g/mol. The maximum Gasteiger partial charge on any atom is 0.261 e. The van der Waals surface area contributed by atoms with Gasteiger partial charge in [-0.05, 0) is 83.3 Å². The van der Waals surface area contributed by atoms with Gasteiger partial charge in [-0.15, -0.1) is 0 Å². The first-order valence-corrected chi connectivity index (χ1v) is 18.5. The van der Waals surface area contributed by atoms with Crippen LogP contribution in [0.4, 0.5) is 5.69 Å². The summed E-state index contributed by atoms with van der Waals surface area (Å²) in [6, 6.07) is 18.2. The van der Waals surface area contributed by atoms with E-state index in [1.54, 1.807) is 36.4 Å². The summed E-state index contributed by atoms with van der Waals surface area (Å²) < 4.78 is 61.8.